The summed E-state index contributed by atoms with van der Waals surface area (Å²) in [7, 11) is 0. The zero-order chi connectivity index (χ0) is 16.8. The van der Waals surface area contributed by atoms with Gasteiger partial charge in [-0.25, -0.2) is 4.39 Å². The maximum atomic E-state index is 14.7. The molecule has 0 spiro atoms. The molecular weight excluding hydrogens is 299 g/mol. The summed E-state index contributed by atoms with van der Waals surface area (Å²) in [6.07, 6.45) is 7.22. The fourth-order valence-corrected chi connectivity index (χ4v) is 3.21. The van der Waals surface area contributed by atoms with E-state index in [1.54, 1.807) is 6.07 Å². The number of ether oxygens (including phenoxy) is 1. The summed E-state index contributed by atoms with van der Waals surface area (Å²) in [6, 6.07) is 15.6. The summed E-state index contributed by atoms with van der Waals surface area (Å²) in [6.45, 7) is 2.80. The molecule has 3 aromatic carbocycles. The maximum absolute atomic E-state index is 14.7. The number of rotatable bonds is 8. The van der Waals surface area contributed by atoms with Crippen LogP contribution in [0.4, 0.5) is 4.39 Å². The van der Waals surface area contributed by atoms with Crippen LogP contribution in [0.3, 0.4) is 0 Å². The van der Waals surface area contributed by atoms with Crippen LogP contribution in [0.2, 0.25) is 0 Å². The number of hydrogen-bond acceptors (Lipinski definition) is 1. The lowest BCUT2D eigenvalue weighted by Gasteiger charge is -2.10. The van der Waals surface area contributed by atoms with Crippen molar-refractivity contribution in [1.29, 1.82) is 0 Å². The van der Waals surface area contributed by atoms with Crippen LogP contribution in [-0.4, -0.2) is 6.61 Å². The lowest BCUT2D eigenvalue weighted by atomic mass is 10.0. The molecule has 24 heavy (non-hydrogen) atoms. The highest BCUT2D eigenvalue weighted by molar-refractivity contribution is 6.07. The van der Waals surface area contributed by atoms with Gasteiger partial charge in [-0.15, -0.1) is 0 Å². The van der Waals surface area contributed by atoms with Gasteiger partial charge in [0.05, 0.1) is 6.61 Å². The van der Waals surface area contributed by atoms with Crippen LogP contribution >= 0.6 is 0 Å². The van der Waals surface area contributed by atoms with Crippen LogP contribution in [0.25, 0.3) is 21.5 Å². The molecule has 0 radical (unpaired) electrons. The smallest absolute Gasteiger partial charge is 0.172 e. The van der Waals surface area contributed by atoms with E-state index in [-0.39, 0.29) is 5.82 Å². The van der Waals surface area contributed by atoms with Crippen molar-refractivity contribution >= 4 is 21.5 Å². The van der Waals surface area contributed by atoms with E-state index in [4.69, 9.17) is 4.74 Å². The molecule has 3 aromatic rings. The van der Waals surface area contributed by atoms with Gasteiger partial charge < -0.3 is 4.74 Å². The number of fused-ring (bicyclic) bond motifs is 3. The quantitative estimate of drug-likeness (QED) is 0.324. The van der Waals surface area contributed by atoms with E-state index in [0.29, 0.717) is 17.7 Å². The van der Waals surface area contributed by atoms with E-state index in [9.17, 15) is 4.39 Å². The molecular formula is C22H25FO. The Kier molecular flexibility index (Phi) is 5.68. The Morgan fingerprint density at radius 3 is 2.38 bits per heavy atom. The van der Waals surface area contributed by atoms with E-state index in [1.165, 1.54) is 25.7 Å². The molecule has 0 unspecified atom stereocenters. The molecule has 0 saturated heterocycles. The van der Waals surface area contributed by atoms with E-state index in [0.717, 1.165) is 29.0 Å². The average molecular weight is 324 g/mol. The SMILES string of the molecule is CCCCCCCCOc1ccc2c(ccc3ccccc32)c1F. The molecule has 0 N–H and O–H groups in total. The number of halogens is 1. The van der Waals surface area contributed by atoms with E-state index in [2.05, 4.69) is 13.0 Å². The number of hydrogen-bond donors (Lipinski definition) is 0. The van der Waals surface area contributed by atoms with Gasteiger partial charge in [-0.2, -0.15) is 0 Å². The summed E-state index contributed by atoms with van der Waals surface area (Å²) in [5, 5.41) is 3.79. The third kappa shape index (κ3) is 3.69. The topological polar surface area (TPSA) is 9.23 Å². The van der Waals surface area contributed by atoms with E-state index in [1.807, 2.05) is 36.4 Å². The molecule has 3 rings (SSSR count). The van der Waals surface area contributed by atoms with Crippen LogP contribution in [-0.2, 0) is 0 Å². The van der Waals surface area contributed by atoms with Gasteiger partial charge in [0.2, 0.25) is 0 Å². The van der Waals surface area contributed by atoms with Crippen molar-refractivity contribution in [1.82, 2.24) is 0 Å². The Morgan fingerprint density at radius 1 is 0.750 bits per heavy atom. The molecule has 0 heterocycles. The highest BCUT2D eigenvalue weighted by Gasteiger charge is 2.10. The van der Waals surface area contributed by atoms with Crippen LogP contribution in [0.1, 0.15) is 45.4 Å². The first-order valence-corrected chi connectivity index (χ1v) is 9.04. The fourth-order valence-electron chi connectivity index (χ4n) is 3.21. The van der Waals surface area contributed by atoms with Gasteiger partial charge in [0.25, 0.3) is 0 Å². The predicted molar refractivity (Wildman–Crippen MR) is 100 cm³/mol. The van der Waals surface area contributed by atoms with E-state index >= 15 is 0 Å². The Bertz CT molecular complexity index is 810. The summed E-state index contributed by atoms with van der Waals surface area (Å²) < 4.78 is 20.4. The molecule has 1 nitrogen and oxygen atoms in total. The number of benzene rings is 3. The van der Waals surface area contributed by atoms with Crippen molar-refractivity contribution in [2.75, 3.05) is 6.61 Å². The molecule has 0 saturated carbocycles. The highest BCUT2D eigenvalue weighted by atomic mass is 19.1. The Morgan fingerprint density at radius 2 is 1.50 bits per heavy atom. The van der Waals surface area contributed by atoms with Crippen LogP contribution in [0.5, 0.6) is 5.75 Å². The minimum atomic E-state index is -0.246. The third-order valence-corrected chi connectivity index (χ3v) is 4.58. The van der Waals surface area contributed by atoms with Gasteiger partial charge in [-0.1, -0.05) is 75.4 Å². The van der Waals surface area contributed by atoms with E-state index < -0.39 is 0 Å². The Balaban J connectivity index is 1.69. The summed E-state index contributed by atoms with van der Waals surface area (Å²) in [5.74, 6) is 0.121. The second kappa shape index (κ2) is 8.14. The lowest BCUT2D eigenvalue weighted by Crippen LogP contribution is -1.99. The maximum Gasteiger partial charge on any atom is 0.172 e. The van der Waals surface area contributed by atoms with Gasteiger partial charge in [-0.05, 0) is 34.7 Å². The van der Waals surface area contributed by atoms with Crippen molar-refractivity contribution in [2.45, 2.75) is 45.4 Å². The molecule has 0 aliphatic heterocycles. The minimum absolute atomic E-state index is 0.246. The van der Waals surface area contributed by atoms with Gasteiger partial charge in [0.15, 0.2) is 11.6 Å². The summed E-state index contributed by atoms with van der Waals surface area (Å²) >= 11 is 0. The zero-order valence-electron chi connectivity index (χ0n) is 14.4. The van der Waals surface area contributed by atoms with Crippen LogP contribution in [0.15, 0.2) is 48.5 Å². The van der Waals surface area contributed by atoms with Gasteiger partial charge in [0.1, 0.15) is 0 Å². The molecule has 0 aliphatic carbocycles. The number of unbranched alkanes of at least 4 members (excludes halogenated alkanes) is 5. The standard InChI is InChI=1S/C22H25FO/c1-2-3-4-5-6-9-16-24-21-15-14-19-18-11-8-7-10-17(18)12-13-20(19)22(21)23/h7-8,10-15H,2-6,9,16H2,1H3. The highest BCUT2D eigenvalue weighted by Crippen LogP contribution is 2.31. The normalized spacial score (nSPS) is 11.2. The molecule has 0 amide bonds. The molecule has 0 aromatic heterocycles. The second-order valence-corrected chi connectivity index (χ2v) is 6.38. The van der Waals surface area contributed by atoms with Crippen molar-refractivity contribution in [2.24, 2.45) is 0 Å². The summed E-state index contributed by atoms with van der Waals surface area (Å²) in [4.78, 5) is 0. The Hall–Kier alpha value is -2.09. The first-order valence-electron chi connectivity index (χ1n) is 9.04. The molecule has 0 fully saturated rings. The average Bonchev–Trinajstić information content (AvgIpc) is 2.62. The predicted octanol–water partition coefficient (Wildman–Crippen LogP) is 6.87. The van der Waals surface area contributed by atoms with Gasteiger partial charge in [-0.3, -0.25) is 0 Å². The lowest BCUT2D eigenvalue weighted by molar-refractivity contribution is 0.291. The fraction of sp³-hybridized carbons (Fsp3) is 0.364. The summed E-state index contributed by atoms with van der Waals surface area (Å²) in [5.41, 5.74) is 0. The minimum Gasteiger partial charge on any atom is -0.490 e. The first kappa shape index (κ1) is 16.8. The molecule has 126 valence electrons. The molecule has 0 atom stereocenters. The van der Waals surface area contributed by atoms with Crippen molar-refractivity contribution < 1.29 is 9.13 Å². The van der Waals surface area contributed by atoms with Crippen LogP contribution < -0.4 is 4.74 Å². The van der Waals surface area contributed by atoms with Crippen molar-refractivity contribution in [3.05, 3.63) is 54.3 Å². The molecule has 2 heteroatoms. The monoisotopic (exact) mass is 324 g/mol. The largest absolute Gasteiger partial charge is 0.490 e. The molecule has 0 bridgehead atoms. The third-order valence-electron chi connectivity index (χ3n) is 4.58. The second-order valence-electron chi connectivity index (χ2n) is 6.38. The van der Waals surface area contributed by atoms with Gasteiger partial charge in [0, 0.05) is 5.39 Å². The zero-order valence-corrected chi connectivity index (χ0v) is 14.4. The van der Waals surface area contributed by atoms with Crippen molar-refractivity contribution in [3.63, 3.8) is 0 Å². The Labute approximate surface area is 143 Å². The van der Waals surface area contributed by atoms with Crippen LogP contribution in [0, 0.1) is 5.82 Å². The van der Waals surface area contributed by atoms with Gasteiger partial charge >= 0.3 is 0 Å². The van der Waals surface area contributed by atoms with Crippen molar-refractivity contribution in [3.8, 4) is 5.75 Å². The first-order chi connectivity index (χ1) is 11.8. The molecule has 0 aliphatic rings.